The molecule has 0 aliphatic carbocycles. The van der Waals surface area contributed by atoms with Gasteiger partial charge in [0.25, 0.3) is 0 Å². The molecule has 188 valence electrons. The van der Waals surface area contributed by atoms with Crippen molar-refractivity contribution in [1.82, 2.24) is 20.9 Å². The summed E-state index contributed by atoms with van der Waals surface area (Å²) >= 11 is 3.53. The SMILES string of the molecule is CNC(C)C(=O)N[C@H]1CCSC2CC(C)(C)[C@@H](C(=O)NC3CCSc4ccccc43)N2C1=O.Cl. The second kappa shape index (κ2) is 11.1. The highest BCUT2D eigenvalue weighted by atomic mass is 35.5. The van der Waals surface area contributed by atoms with E-state index >= 15 is 0 Å². The minimum atomic E-state index is -0.609. The van der Waals surface area contributed by atoms with Crippen molar-refractivity contribution in [3.05, 3.63) is 29.8 Å². The fraction of sp³-hybridized carbons (Fsp3) is 0.625. The van der Waals surface area contributed by atoms with E-state index in [4.69, 9.17) is 0 Å². The van der Waals surface area contributed by atoms with E-state index in [2.05, 4.69) is 41.9 Å². The second-order valence-electron chi connectivity index (χ2n) is 9.76. The molecule has 3 aliphatic rings. The quantitative estimate of drug-likeness (QED) is 0.546. The van der Waals surface area contributed by atoms with Crippen molar-refractivity contribution in [1.29, 1.82) is 0 Å². The summed E-state index contributed by atoms with van der Waals surface area (Å²) in [5.74, 6) is 1.28. The van der Waals surface area contributed by atoms with Crippen LogP contribution in [0, 0.1) is 5.41 Å². The Hall–Kier alpha value is -1.42. The number of rotatable bonds is 5. The van der Waals surface area contributed by atoms with Crippen LogP contribution in [0.4, 0.5) is 0 Å². The molecule has 0 radical (unpaired) electrons. The highest BCUT2D eigenvalue weighted by molar-refractivity contribution is 8.00. The smallest absolute Gasteiger partial charge is 0.246 e. The maximum Gasteiger partial charge on any atom is 0.246 e. The molecule has 34 heavy (non-hydrogen) atoms. The summed E-state index contributed by atoms with van der Waals surface area (Å²) in [6, 6.07) is 6.60. The Bertz CT molecular complexity index is 931. The molecular formula is C24H35ClN4O3S2. The molecule has 4 rings (SSSR count). The number of hydrogen-bond acceptors (Lipinski definition) is 6. The van der Waals surface area contributed by atoms with Crippen LogP contribution >= 0.6 is 35.9 Å². The van der Waals surface area contributed by atoms with E-state index in [1.54, 1.807) is 30.6 Å². The Morgan fingerprint density at radius 3 is 2.56 bits per heavy atom. The molecule has 2 fully saturated rings. The van der Waals surface area contributed by atoms with Crippen molar-refractivity contribution in [3.63, 3.8) is 0 Å². The fourth-order valence-electron chi connectivity index (χ4n) is 5.02. The summed E-state index contributed by atoms with van der Waals surface area (Å²) in [7, 11) is 1.72. The van der Waals surface area contributed by atoms with Crippen LogP contribution < -0.4 is 16.0 Å². The molecule has 1 aromatic rings. The summed E-state index contributed by atoms with van der Waals surface area (Å²) < 4.78 is 0. The predicted molar refractivity (Wildman–Crippen MR) is 140 cm³/mol. The Morgan fingerprint density at radius 1 is 1.12 bits per heavy atom. The van der Waals surface area contributed by atoms with Gasteiger partial charge in [0.2, 0.25) is 17.7 Å². The average molecular weight is 527 g/mol. The number of hydrogen-bond donors (Lipinski definition) is 3. The number of amides is 3. The highest BCUT2D eigenvalue weighted by Crippen LogP contribution is 2.46. The number of likely N-dealkylation sites (N-methyl/N-ethyl adjacent to an activating group) is 1. The van der Waals surface area contributed by atoms with Gasteiger partial charge in [-0.1, -0.05) is 32.0 Å². The van der Waals surface area contributed by atoms with E-state index < -0.39 is 12.1 Å². The number of benzene rings is 1. The molecule has 0 spiro atoms. The van der Waals surface area contributed by atoms with Gasteiger partial charge in [-0.15, -0.1) is 35.9 Å². The van der Waals surface area contributed by atoms with Gasteiger partial charge in [-0.3, -0.25) is 14.4 Å². The summed E-state index contributed by atoms with van der Waals surface area (Å²) in [5, 5.41) is 9.05. The second-order valence-corrected chi connectivity index (χ2v) is 12.2. The van der Waals surface area contributed by atoms with Crippen LogP contribution in [0.3, 0.4) is 0 Å². The zero-order valence-corrected chi connectivity index (χ0v) is 22.6. The van der Waals surface area contributed by atoms with Crippen molar-refractivity contribution >= 4 is 53.7 Å². The first kappa shape index (κ1) is 27.2. The lowest BCUT2D eigenvalue weighted by atomic mass is 9.83. The van der Waals surface area contributed by atoms with Crippen LogP contribution in [0.25, 0.3) is 0 Å². The molecule has 1 aromatic carbocycles. The minimum Gasteiger partial charge on any atom is -0.347 e. The molecular weight excluding hydrogens is 492 g/mol. The van der Waals surface area contributed by atoms with Crippen LogP contribution in [0.5, 0.6) is 0 Å². The van der Waals surface area contributed by atoms with Crippen LogP contribution in [-0.2, 0) is 14.4 Å². The first-order valence-corrected chi connectivity index (χ1v) is 13.7. The molecule has 7 nitrogen and oxygen atoms in total. The molecule has 5 atom stereocenters. The number of fused-ring (bicyclic) bond motifs is 2. The summed E-state index contributed by atoms with van der Waals surface area (Å²) in [6.45, 7) is 5.91. The van der Waals surface area contributed by atoms with Gasteiger partial charge in [-0.05, 0) is 56.0 Å². The van der Waals surface area contributed by atoms with Gasteiger partial charge in [-0.2, -0.15) is 0 Å². The lowest BCUT2D eigenvalue weighted by Crippen LogP contribution is -2.58. The molecule has 3 N–H and O–H groups in total. The number of nitrogens with zero attached hydrogens (tertiary/aromatic N) is 1. The van der Waals surface area contributed by atoms with E-state index in [1.165, 1.54) is 4.90 Å². The number of nitrogens with one attached hydrogen (secondary N) is 3. The van der Waals surface area contributed by atoms with Crippen LogP contribution in [-0.4, -0.2) is 64.7 Å². The van der Waals surface area contributed by atoms with Gasteiger partial charge in [-0.25, -0.2) is 0 Å². The third-order valence-corrected chi connectivity index (χ3v) is 9.34. The molecule has 3 aliphatic heterocycles. The van der Waals surface area contributed by atoms with Crippen molar-refractivity contribution in [3.8, 4) is 0 Å². The fourth-order valence-corrected chi connectivity index (χ4v) is 7.72. The molecule has 2 saturated heterocycles. The van der Waals surface area contributed by atoms with Gasteiger partial charge >= 0.3 is 0 Å². The van der Waals surface area contributed by atoms with Crippen molar-refractivity contribution in [2.75, 3.05) is 18.6 Å². The molecule has 0 aromatic heterocycles. The Balaban J connectivity index is 0.00000324. The molecule has 10 heteroatoms. The monoisotopic (exact) mass is 526 g/mol. The van der Waals surface area contributed by atoms with Gasteiger partial charge in [0.1, 0.15) is 12.1 Å². The topological polar surface area (TPSA) is 90.5 Å². The lowest BCUT2D eigenvalue weighted by molar-refractivity contribution is -0.144. The van der Waals surface area contributed by atoms with Gasteiger partial charge in [0.15, 0.2) is 0 Å². The first-order valence-electron chi connectivity index (χ1n) is 11.7. The Labute approximate surface area is 216 Å². The lowest BCUT2D eigenvalue weighted by Gasteiger charge is -2.36. The van der Waals surface area contributed by atoms with Crippen molar-refractivity contribution in [2.45, 2.75) is 74.5 Å². The minimum absolute atomic E-state index is 0. The maximum absolute atomic E-state index is 13.7. The number of carbonyl (C=O) groups excluding carboxylic acids is 3. The molecule has 0 saturated carbocycles. The summed E-state index contributed by atoms with van der Waals surface area (Å²) in [4.78, 5) is 42.8. The summed E-state index contributed by atoms with van der Waals surface area (Å²) in [6.07, 6.45) is 2.19. The Kier molecular flexibility index (Phi) is 8.87. The number of carbonyl (C=O) groups is 3. The van der Waals surface area contributed by atoms with E-state index in [1.807, 2.05) is 23.9 Å². The number of thioether (sulfide) groups is 2. The van der Waals surface area contributed by atoms with Gasteiger partial charge in [0, 0.05) is 10.6 Å². The largest absolute Gasteiger partial charge is 0.347 e. The third-order valence-electron chi connectivity index (χ3n) is 6.96. The van der Waals surface area contributed by atoms with Gasteiger partial charge in [0.05, 0.1) is 17.5 Å². The predicted octanol–water partition coefficient (Wildman–Crippen LogP) is 2.94. The van der Waals surface area contributed by atoms with E-state index in [0.717, 1.165) is 29.9 Å². The van der Waals surface area contributed by atoms with Crippen LogP contribution in [0.1, 0.15) is 51.6 Å². The zero-order chi connectivity index (χ0) is 23.8. The van der Waals surface area contributed by atoms with Gasteiger partial charge < -0.3 is 20.9 Å². The maximum atomic E-state index is 13.7. The van der Waals surface area contributed by atoms with E-state index in [0.29, 0.717) is 6.42 Å². The standard InChI is InChI=1S/C24H34N4O3S2.ClH/c1-14(25-4)21(29)27-17-10-12-33-19-13-24(2,3)20(28(19)23(17)31)22(30)26-16-9-11-32-18-8-6-5-7-15(16)18;/h5-8,14,16-17,19-20,25H,9-13H2,1-4H3,(H,26,30)(H,27,29);1H/t14?,16?,17-,19?,20+;/m0./s1. The third kappa shape index (κ3) is 5.37. The van der Waals surface area contributed by atoms with E-state index in [9.17, 15) is 14.4 Å². The average Bonchev–Trinajstić information content (AvgIpc) is 2.99. The molecule has 3 amide bonds. The van der Waals surface area contributed by atoms with Crippen LogP contribution in [0.15, 0.2) is 29.2 Å². The highest BCUT2D eigenvalue weighted by Gasteiger charge is 2.54. The molecule has 0 bridgehead atoms. The van der Waals surface area contributed by atoms with Crippen molar-refractivity contribution < 1.29 is 14.4 Å². The van der Waals surface area contributed by atoms with E-state index in [-0.39, 0.29) is 53.0 Å². The van der Waals surface area contributed by atoms with Crippen molar-refractivity contribution in [2.24, 2.45) is 5.41 Å². The molecule has 3 unspecified atom stereocenters. The number of halogens is 1. The normalized spacial score (nSPS) is 28.6. The first-order chi connectivity index (χ1) is 15.7. The molecule has 3 heterocycles. The Morgan fingerprint density at radius 2 is 1.82 bits per heavy atom. The van der Waals surface area contributed by atoms with Crippen LogP contribution in [0.2, 0.25) is 0 Å². The zero-order valence-electron chi connectivity index (χ0n) is 20.1. The summed E-state index contributed by atoms with van der Waals surface area (Å²) in [5.41, 5.74) is 0.794.